The maximum Gasteiger partial charge on any atom is 0.229 e. The van der Waals surface area contributed by atoms with Gasteiger partial charge in [0.15, 0.2) is 0 Å². The van der Waals surface area contributed by atoms with E-state index in [0.717, 1.165) is 22.0 Å². The number of anilines is 1. The minimum Gasteiger partial charge on any atom is -0.492 e. The molecule has 0 aliphatic carbocycles. The summed E-state index contributed by atoms with van der Waals surface area (Å²) in [5, 5.41) is 10.7. The molecule has 4 rings (SSSR count). The molecule has 2 heterocycles. The monoisotopic (exact) mass is 405 g/mol. The van der Waals surface area contributed by atoms with Gasteiger partial charge in [0.05, 0.1) is 41.5 Å². The van der Waals surface area contributed by atoms with Crippen LogP contribution in [-0.2, 0) is 4.79 Å². The summed E-state index contributed by atoms with van der Waals surface area (Å²) in [7, 11) is 0. The van der Waals surface area contributed by atoms with Gasteiger partial charge in [0.1, 0.15) is 5.75 Å². The topological polar surface area (TPSA) is 56.6 Å². The summed E-state index contributed by atoms with van der Waals surface area (Å²) in [6.45, 7) is 5.01. The Morgan fingerprint density at radius 2 is 1.97 bits per heavy atom. The first-order chi connectivity index (χ1) is 14.1. The molecular formula is C23H23N3O2S. The molecule has 0 aromatic heterocycles. The minimum atomic E-state index is -0.172. The number of hydrogen-bond acceptors (Lipinski definition) is 5. The van der Waals surface area contributed by atoms with E-state index in [9.17, 15) is 10.1 Å². The van der Waals surface area contributed by atoms with Gasteiger partial charge >= 0.3 is 0 Å². The Labute approximate surface area is 175 Å². The number of thioether (sulfide) groups is 1. The van der Waals surface area contributed by atoms with Gasteiger partial charge in [-0.05, 0) is 31.5 Å². The second-order valence-corrected chi connectivity index (χ2v) is 8.11. The van der Waals surface area contributed by atoms with Gasteiger partial charge in [-0.15, -0.1) is 0 Å². The van der Waals surface area contributed by atoms with Crippen molar-refractivity contribution in [1.82, 2.24) is 4.90 Å². The summed E-state index contributed by atoms with van der Waals surface area (Å²) in [5.41, 5.74) is 3.85. The average molecular weight is 406 g/mol. The number of nitriles is 1. The first-order valence-corrected chi connectivity index (χ1v) is 10.7. The van der Waals surface area contributed by atoms with Gasteiger partial charge in [-0.1, -0.05) is 53.7 Å². The Morgan fingerprint density at radius 1 is 1.21 bits per heavy atom. The van der Waals surface area contributed by atoms with Crippen LogP contribution in [-0.4, -0.2) is 30.0 Å². The van der Waals surface area contributed by atoms with Crippen LogP contribution in [0, 0.1) is 18.3 Å². The summed E-state index contributed by atoms with van der Waals surface area (Å²) < 4.78 is 5.76. The molecule has 2 aromatic rings. The second kappa shape index (κ2) is 8.22. The van der Waals surface area contributed by atoms with Crippen molar-refractivity contribution in [2.75, 3.05) is 24.1 Å². The van der Waals surface area contributed by atoms with Crippen molar-refractivity contribution in [3.05, 3.63) is 70.3 Å². The molecule has 2 aliphatic heterocycles. The number of carbonyl (C=O) groups is 1. The number of nitrogens with zero attached hydrogens (tertiary/aromatic N) is 3. The van der Waals surface area contributed by atoms with Crippen molar-refractivity contribution in [1.29, 1.82) is 5.26 Å². The first-order valence-electron chi connectivity index (χ1n) is 9.73. The average Bonchev–Trinajstić information content (AvgIpc) is 2.75. The number of aryl methyl sites for hydroxylation is 1. The molecule has 148 valence electrons. The van der Waals surface area contributed by atoms with E-state index >= 15 is 0 Å². The SMILES string of the molecule is CCOc1ccccc1N1CSC2=C(C#N)[C@H](c3ccc(C)cc3)CC(=O)N2C1. The van der Waals surface area contributed by atoms with Crippen molar-refractivity contribution >= 4 is 23.4 Å². The highest BCUT2D eigenvalue weighted by atomic mass is 32.2. The maximum absolute atomic E-state index is 13.0. The third-order valence-corrected chi connectivity index (χ3v) is 6.43. The molecule has 29 heavy (non-hydrogen) atoms. The van der Waals surface area contributed by atoms with Crippen LogP contribution in [0.15, 0.2) is 59.1 Å². The number of benzene rings is 2. The summed E-state index contributed by atoms with van der Waals surface area (Å²) >= 11 is 1.55. The normalized spacial score (nSPS) is 19.1. The Bertz CT molecular complexity index is 994. The van der Waals surface area contributed by atoms with E-state index < -0.39 is 0 Å². The Morgan fingerprint density at radius 3 is 2.69 bits per heavy atom. The smallest absolute Gasteiger partial charge is 0.229 e. The number of ether oxygens (including phenoxy) is 1. The molecule has 1 atom stereocenters. The molecule has 0 N–H and O–H groups in total. The highest BCUT2D eigenvalue weighted by Gasteiger charge is 2.38. The zero-order valence-electron chi connectivity index (χ0n) is 16.6. The molecule has 2 aromatic carbocycles. The van der Waals surface area contributed by atoms with Crippen LogP contribution in [0.4, 0.5) is 5.69 Å². The molecule has 6 heteroatoms. The number of rotatable bonds is 4. The molecule has 1 fully saturated rings. The molecule has 1 amide bonds. The van der Waals surface area contributed by atoms with Gasteiger partial charge < -0.3 is 9.64 Å². The van der Waals surface area contributed by atoms with Crippen LogP contribution in [0.25, 0.3) is 0 Å². The molecule has 0 bridgehead atoms. The van der Waals surface area contributed by atoms with E-state index in [4.69, 9.17) is 4.74 Å². The predicted octanol–water partition coefficient (Wildman–Crippen LogP) is 4.61. The fourth-order valence-electron chi connectivity index (χ4n) is 3.79. The number of para-hydroxylation sites is 2. The quantitative estimate of drug-likeness (QED) is 0.743. The van der Waals surface area contributed by atoms with Gasteiger partial charge in [0, 0.05) is 12.3 Å². The summed E-state index contributed by atoms with van der Waals surface area (Å²) in [6, 6.07) is 18.4. The van der Waals surface area contributed by atoms with Gasteiger partial charge in [-0.2, -0.15) is 5.26 Å². The minimum absolute atomic E-state index is 0.0515. The van der Waals surface area contributed by atoms with Crippen LogP contribution in [0.5, 0.6) is 5.75 Å². The molecule has 0 radical (unpaired) electrons. The Balaban J connectivity index is 1.65. The van der Waals surface area contributed by atoms with Crippen molar-refractivity contribution in [3.8, 4) is 11.8 Å². The van der Waals surface area contributed by atoms with Crippen LogP contribution in [0.2, 0.25) is 0 Å². The predicted molar refractivity (Wildman–Crippen MR) is 115 cm³/mol. The lowest BCUT2D eigenvalue weighted by Gasteiger charge is -2.42. The second-order valence-electron chi connectivity index (χ2n) is 7.18. The standard InChI is InChI=1S/C23H23N3O2S/c1-3-28-21-7-5-4-6-20(21)25-14-26-22(27)12-18(17-10-8-16(2)9-11-17)19(13-24)23(26)29-15-25/h4-11,18H,3,12,14-15H2,1-2H3/t18-/m0/s1. The van der Waals surface area contributed by atoms with Crippen molar-refractivity contribution < 1.29 is 9.53 Å². The highest BCUT2D eigenvalue weighted by molar-refractivity contribution is 8.03. The molecule has 0 spiro atoms. The van der Waals surface area contributed by atoms with E-state index in [1.54, 1.807) is 16.7 Å². The van der Waals surface area contributed by atoms with Gasteiger partial charge in [-0.3, -0.25) is 9.69 Å². The zero-order valence-corrected chi connectivity index (χ0v) is 17.4. The van der Waals surface area contributed by atoms with Gasteiger partial charge in [0.25, 0.3) is 0 Å². The molecule has 0 saturated carbocycles. The summed E-state index contributed by atoms with van der Waals surface area (Å²) in [5.74, 6) is 1.35. The maximum atomic E-state index is 13.0. The number of carbonyl (C=O) groups excluding carboxylic acids is 1. The number of allylic oxidation sites excluding steroid dienone is 1. The van der Waals surface area contributed by atoms with Gasteiger partial charge in [-0.25, -0.2) is 0 Å². The molecular weight excluding hydrogens is 382 g/mol. The van der Waals surface area contributed by atoms with Crippen LogP contribution in [0.1, 0.15) is 30.4 Å². The lowest BCUT2D eigenvalue weighted by Crippen LogP contribution is -2.47. The summed E-state index contributed by atoms with van der Waals surface area (Å²) in [6.07, 6.45) is 0.316. The molecule has 0 unspecified atom stereocenters. The first kappa shape index (κ1) is 19.4. The van der Waals surface area contributed by atoms with Crippen molar-refractivity contribution in [2.24, 2.45) is 0 Å². The van der Waals surface area contributed by atoms with Crippen LogP contribution >= 0.6 is 11.8 Å². The van der Waals surface area contributed by atoms with Crippen LogP contribution < -0.4 is 9.64 Å². The third kappa shape index (κ3) is 3.70. The molecule has 2 aliphatic rings. The lowest BCUT2D eigenvalue weighted by molar-refractivity contribution is -0.129. The largest absolute Gasteiger partial charge is 0.492 e. The van der Waals surface area contributed by atoms with E-state index in [-0.39, 0.29) is 11.8 Å². The van der Waals surface area contributed by atoms with Crippen molar-refractivity contribution in [3.63, 3.8) is 0 Å². The fraction of sp³-hybridized carbons (Fsp3) is 0.304. The van der Waals surface area contributed by atoms with E-state index in [2.05, 4.69) is 11.0 Å². The number of amides is 1. The van der Waals surface area contributed by atoms with E-state index in [1.165, 1.54) is 5.56 Å². The highest BCUT2D eigenvalue weighted by Crippen LogP contribution is 2.44. The Kier molecular flexibility index (Phi) is 5.50. The van der Waals surface area contributed by atoms with E-state index in [0.29, 0.717) is 31.1 Å². The molecule has 1 saturated heterocycles. The number of fused-ring (bicyclic) bond motifs is 1. The number of hydrogen-bond donors (Lipinski definition) is 0. The third-order valence-electron chi connectivity index (χ3n) is 5.28. The van der Waals surface area contributed by atoms with Crippen molar-refractivity contribution in [2.45, 2.75) is 26.2 Å². The van der Waals surface area contributed by atoms with Crippen LogP contribution in [0.3, 0.4) is 0 Å². The summed E-state index contributed by atoms with van der Waals surface area (Å²) in [4.78, 5) is 16.9. The lowest BCUT2D eigenvalue weighted by atomic mass is 9.86. The Hall–Kier alpha value is -2.91. The molecule has 5 nitrogen and oxygen atoms in total. The van der Waals surface area contributed by atoms with E-state index in [1.807, 2.05) is 62.4 Å². The van der Waals surface area contributed by atoms with Gasteiger partial charge in [0.2, 0.25) is 5.91 Å². The fourth-order valence-corrected chi connectivity index (χ4v) is 4.95. The zero-order chi connectivity index (χ0) is 20.4.